The van der Waals surface area contributed by atoms with E-state index >= 15 is 0 Å². The lowest BCUT2D eigenvalue weighted by Gasteiger charge is -2.10. The monoisotopic (exact) mass is 311 g/mol. The highest BCUT2D eigenvalue weighted by molar-refractivity contribution is 9.10. The highest BCUT2D eigenvalue weighted by atomic mass is 79.9. The first-order valence-corrected chi connectivity index (χ1v) is 7.62. The maximum atomic E-state index is 5.23. The van der Waals surface area contributed by atoms with E-state index in [4.69, 9.17) is 4.74 Å². The van der Waals surface area contributed by atoms with Crippen molar-refractivity contribution >= 4 is 15.9 Å². The number of methoxy groups -OCH3 is 1. The van der Waals surface area contributed by atoms with Crippen LogP contribution in [0.4, 0.5) is 0 Å². The molecule has 0 atom stereocenters. The largest absolute Gasteiger partial charge is 0.496 e. The Morgan fingerprint density at radius 2 is 2.11 bits per heavy atom. The van der Waals surface area contributed by atoms with Crippen LogP contribution >= 0.6 is 15.9 Å². The number of nitrogens with one attached hydrogen (secondary N) is 1. The van der Waals surface area contributed by atoms with Crippen LogP contribution in [0, 0.1) is 5.92 Å². The minimum absolute atomic E-state index is 0.893. The van der Waals surface area contributed by atoms with Crippen molar-refractivity contribution in [1.29, 1.82) is 0 Å². The summed E-state index contributed by atoms with van der Waals surface area (Å²) >= 11 is 3.52. The Kier molecular flexibility index (Phi) is 5.51. The molecule has 0 aliphatic heterocycles. The summed E-state index contributed by atoms with van der Waals surface area (Å²) < 4.78 is 6.25. The van der Waals surface area contributed by atoms with E-state index in [1.807, 2.05) is 6.07 Å². The average molecular weight is 312 g/mol. The third-order valence-corrected chi connectivity index (χ3v) is 4.37. The van der Waals surface area contributed by atoms with E-state index in [1.165, 1.54) is 37.7 Å². The third-order valence-electron chi connectivity index (χ3n) is 3.75. The summed E-state index contributed by atoms with van der Waals surface area (Å²) in [5.41, 5.74) is 1.30. The summed E-state index contributed by atoms with van der Waals surface area (Å²) in [6, 6.07) is 6.26. The van der Waals surface area contributed by atoms with Crippen LogP contribution in [0.15, 0.2) is 22.7 Å². The van der Waals surface area contributed by atoms with Gasteiger partial charge in [-0.15, -0.1) is 0 Å². The molecule has 0 bridgehead atoms. The lowest BCUT2D eigenvalue weighted by Crippen LogP contribution is -2.17. The zero-order valence-electron chi connectivity index (χ0n) is 11.0. The van der Waals surface area contributed by atoms with Crippen molar-refractivity contribution in [3.8, 4) is 5.75 Å². The molecule has 0 spiro atoms. The minimum Gasteiger partial charge on any atom is -0.496 e. The summed E-state index contributed by atoms with van der Waals surface area (Å²) in [6.07, 6.45) is 7.09. The van der Waals surface area contributed by atoms with Crippen LogP contribution < -0.4 is 10.1 Å². The smallest absolute Gasteiger partial charge is 0.133 e. The summed E-state index contributed by atoms with van der Waals surface area (Å²) in [7, 11) is 1.69. The number of hydrogen-bond acceptors (Lipinski definition) is 2. The molecule has 0 saturated heterocycles. The summed E-state index contributed by atoms with van der Waals surface area (Å²) in [5, 5.41) is 3.53. The van der Waals surface area contributed by atoms with Gasteiger partial charge in [-0.3, -0.25) is 0 Å². The Morgan fingerprint density at radius 3 is 2.78 bits per heavy atom. The van der Waals surface area contributed by atoms with Crippen LogP contribution in [0.25, 0.3) is 0 Å². The second-order valence-corrected chi connectivity index (χ2v) is 5.94. The van der Waals surface area contributed by atoms with Gasteiger partial charge in [0.05, 0.1) is 11.6 Å². The van der Waals surface area contributed by atoms with Crippen molar-refractivity contribution < 1.29 is 4.74 Å². The molecule has 0 heterocycles. The summed E-state index contributed by atoms with van der Waals surface area (Å²) in [5.74, 6) is 1.87. The van der Waals surface area contributed by atoms with Gasteiger partial charge in [0, 0.05) is 6.54 Å². The fourth-order valence-corrected chi connectivity index (χ4v) is 3.25. The number of halogens is 1. The van der Waals surface area contributed by atoms with Gasteiger partial charge in [0.15, 0.2) is 0 Å². The Labute approximate surface area is 118 Å². The van der Waals surface area contributed by atoms with E-state index in [0.29, 0.717) is 0 Å². The highest BCUT2D eigenvalue weighted by Crippen LogP contribution is 2.27. The van der Waals surface area contributed by atoms with Gasteiger partial charge in [0.25, 0.3) is 0 Å². The van der Waals surface area contributed by atoms with Crippen molar-refractivity contribution in [2.24, 2.45) is 5.92 Å². The van der Waals surface area contributed by atoms with Crippen molar-refractivity contribution in [2.75, 3.05) is 13.7 Å². The first-order valence-electron chi connectivity index (χ1n) is 6.82. The van der Waals surface area contributed by atoms with Gasteiger partial charge < -0.3 is 10.1 Å². The third kappa shape index (κ3) is 3.99. The molecule has 2 rings (SSSR count). The van der Waals surface area contributed by atoms with Gasteiger partial charge in [-0.1, -0.05) is 31.7 Å². The second kappa shape index (κ2) is 7.15. The number of rotatable bonds is 6. The molecule has 1 aliphatic rings. The molecular formula is C15H22BrNO. The Morgan fingerprint density at radius 1 is 1.33 bits per heavy atom. The van der Waals surface area contributed by atoms with E-state index in [-0.39, 0.29) is 0 Å². The lowest BCUT2D eigenvalue weighted by atomic mass is 10.0. The van der Waals surface area contributed by atoms with Crippen molar-refractivity contribution in [1.82, 2.24) is 5.32 Å². The highest BCUT2D eigenvalue weighted by Gasteiger charge is 2.13. The van der Waals surface area contributed by atoms with E-state index in [2.05, 4.69) is 33.4 Å². The molecule has 18 heavy (non-hydrogen) atoms. The Balaban J connectivity index is 1.71. The topological polar surface area (TPSA) is 21.3 Å². The molecule has 0 aromatic heterocycles. The molecule has 1 aromatic rings. The van der Waals surface area contributed by atoms with Gasteiger partial charge in [-0.25, -0.2) is 0 Å². The molecule has 3 heteroatoms. The van der Waals surface area contributed by atoms with Crippen LogP contribution in [-0.4, -0.2) is 13.7 Å². The van der Waals surface area contributed by atoms with E-state index in [9.17, 15) is 0 Å². The normalized spacial score (nSPS) is 16.1. The average Bonchev–Trinajstić information content (AvgIpc) is 2.88. The van der Waals surface area contributed by atoms with Crippen molar-refractivity contribution in [2.45, 2.75) is 38.6 Å². The Bertz CT molecular complexity index is 375. The predicted octanol–water partition coefficient (Wildman–Crippen LogP) is 4.13. The van der Waals surface area contributed by atoms with Gasteiger partial charge >= 0.3 is 0 Å². The van der Waals surface area contributed by atoms with Gasteiger partial charge in [0.1, 0.15) is 5.75 Å². The maximum absolute atomic E-state index is 5.23. The molecule has 100 valence electrons. The molecule has 1 saturated carbocycles. The molecule has 1 aromatic carbocycles. The second-order valence-electron chi connectivity index (χ2n) is 5.08. The zero-order chi connectivity index (χ0) is 12.8. The maximum Gasteiger partial charge on any atom is 0.133 e. The molecule has 0 radical (unpaired) electrons. The fraction of sp³-hybridized carbons (Fsp3) is 0.600. The van der Waals surface area contributed by atoms with Crippen LogP contribution in [-0.2, 0) is 6.54 Å². The van der Waals surface area contributed by atoms with Crippen LogP contribution in [0.1, 0.15) is 37.7 Å². The van der Waals surface area contributed by atoms with Crippen molar-refractivity contribution in [3.05, 3.63) is 28.2 Å². The fourth-order valence-electron chi connectivity index (χ4n) is 2.66. The predicted molar refractivity (Wildman–Crippen MR) is 79.0 cm³/mol. The van der Waals surface area contributed by atoms with Gasteiger partial charge in [-0.05, 0) is 52.5 Å². The molecule has 0 unspecified atom stereocenters. The molecule has 2 nitrogen and oxygen atoms in total. The molecular weight excluding hydrogens is 290 g/mol. The van der Waals surface area contributed by atoms with E-state index in [0.717, 1.165) is 29.2 Å². The van der Waals surface area contributed by atoms with Crippen molar-refractivity contribution in [3.63, 3.8) is 0 Å². The van der Waals surface area contributed by atoms with Crippen LogP contribution in [0.3, 0.4) is 0 Å². The quantitative estimate of drug-likeness (QED) is 0.798. The standard InChI is InChI=1S/C15H22BrNO/c1-18-15-7-6-13(10-14(15)16)11-17-9-8-12-4-2-3-5-12/h6-7,10,12,17H,2-5,8-9,11H2,1H3. The lowest BCUT2D eigenvalue weighted by molar-refractivity contribution is 0.412. The Hall–Kier alpha value is -0.540. The molecule has 1 fully saturated rings. The summed E-state index contributed by atoms with van der Waals surface area (Å²) in [6.45, 7) is 2.07. The zero-order valence-corrected chi connectivity index (χ0v) is 12.6. The first kappa shape index (κ1) is 13.9. The van der Waals surface area contributed by atoms with Gasteiger partial charge in [0.2, 0.25) is 0 Å². The number of hydrogen-bond donors (Lipinski definition) is 1. The minimum atomic E-state index is 0.893. The van der Waals surface area contributed by atoms with E-state index < -0.39 is 0 Å². The molecule has 0 amide bonds. The summed E-state index contributed by atoms with van der Waals surface area (Å²) in [4.78, 5) is 0. The van der Waals surface area contributed by atoms with Crippen LogP contribution in [0.5, 0.6) is 5.75 Å². The molecule has 1 N–H and O–H groups in total. The van der Waals surface area contributed by atoms with E-state index in [1.54, 1.807) is 7.11 Å². The number of ether oxygens (including phenoxy) is 1. The molecule has 1 aliphatic carbocycles. The SMILES string of the molecule is COc1ccc(CNCCC2CCCC2)cc1Br. The van der Waals surface area contributed by atoms with Gasteiger partial charge in [-0.2, -0.15) is 0 Å². The number of benzene rings is 1. The first-order chi connectivity index (χ1) is 8.79. The van der Waals surface area contributed by atoms with Crippen LogP contribution in [0.2, 0.25) is 0 Å².